The SMILES string of the molecule is CS(=O)(=O)c1cn[nH]c1[C@@H]1COCCN1C(=O)CCn1ccnc1. The van der Waals surface area contributed by atoms with Crippen molar-refractivity contribution in [2.75, 3.05) is 26.0 Å². The summed E-state index contributed by atoms with van der Waals surface area (Å²) >= 11 is 0. The van der Waals surface area contributed by atoms with Crippen LogP contribution in [-0.4, -0.2) is 65.0 Å². The van der Waals surface area contributed by atoms with Crippen LogP contribution in [-0.2, 0) is 25.9 Å². The first-order chi connectivity index (χ1) is 11.5. The lowest BCUT2D eigenvalue weighted by Crippen LogP contribution is -2.44. The molecule has 0 bridgehead atoms. The third kappa shape index (κ3) is 3.49. The van der Waals surface area contributed by atoms with Gasteiger partial charge in [-0.3, -0.25) is 9.89 Å². The first-order valence-electron chi connectivity index (χ1n) is 7.53. The molecule has 2 aromatic rings. The Morgan fingerprint density at radius 3 is 3.04 bits per heavy atom. The van der Waals surface area contributed by atoms with Crippen molar-refractivity contribution in [1.29, 1.82) is 0 Å². The average Bonchev–Trinajstić information content (AvgIpc) is 3.23. The van der Waals surface area contributed by atoms with Gasteiger partial charge in [-0.15, -0.1) is 0 Å². The van der Waals surface area contributed by atoms with E-state index in [1.807, 2.05) is 4.57 Å². The Kier molecular flexibility index (Phi) is 4.67. The van der Waals surface area contributed by atoms with Gasteiger partial charge in [0.25, 0.3) is 0 Å². The predicted octanol–water partition coefficient (Wildman–Crippen LogP) is -0.0001000. The van der Waals surface area contributed by atoms with E-state index in [0.29, 0.717) is 31.8 Å². The summed E-state index contributed by atoms with van der Waals surface area (Å²) in [5.41, 5.74) is 0.396. The van der Waals surface area contributed by atoms with Gasteiger partial charge < -0.3 is 14.2 Å². The molecular formula is C14H19N5O4S. The molecule has 0 spiro atoms. The van der Waals surface area contributed by atoms with E-state index in [2.05, 4.69) is 15.2 Å². The number of imidazole rings is 1. The van der Waals surface area contributed by atoms with Crippen LogP contribution in [0, 0.1) is 0 Å². The Bertz CT molecular complexity index is 799. The summed E-state index contributed by atoms with van der Waals surface area (Å²) in [4.78, 5) is 18.3. The van der Waals surface area contributed by atoms with Gasteiger partial charge in [0.2, 0.25) is 5.91 Å². The van der Waals surface area contributed by atoms with Crippen LogP contribution in [0.1, 0.15) is 18.2 Å². The number of hydrogen-bond acceptors (Lipinski definition) is 6. The second-order valence-corrected chi connectivity index (χ2v) is 7.63. The Morgan fingerprint density at radius 1 is 1.50 bits per heavy atom. The maximum atomic E-state index is 12.6. The van der Waals surface area contributed by atoms with Crippen LogP contribution in [0.15, 0.2) is 29.8 Å². The highest BCUT2D eigenvalue weighted by atomic mass is 32.2. The minimum Gasteiger partial charge on any atom is -0.377 e. The number of nitrogens with zero attached hydrogens (tertiary/aromatic N) is 4. The zero-order valence-corrected chi connectivity index (χ0v) is 14.1. The molecule has 1 atom stereocenters. The Balaban J connectivity index is 1.78. The van der Waals surface area contributed by atoms with Crippen LogP contribution in [0.3, 0.4) is 0 Å². The van der Waals surface area contributed by atoms with Gasteiger partial charge in [-0.1, -0.05) is 0 Å². The third-order valence-corrected chi connectivity index (χ3v) is 5.08. The molecule has 1 fully saturated rings. The van der Waals surface area contributed by atoms with Crippen molar-refractivity contribution in [3.63, 3.8) is 0 Å². The first-order valence-corrected chi connectivity index (χ1v) is 9.42. The molecule has 2 aromatic heterocycles. The number of morpholine rings is 1. The number of ether oxygens (including phenoxy) is 1. The summed E-state index contributed by atoms with van der Waals surface area (Å²) in [5.74, 6) is -0.0638. The molecule has 24 heavy (non-hydrogen) atoms. The van der Waals surface area contributed by atoms with Crippen molar-refractivity contribution in [1.82, 2.24) is 24.6 Å². The maximum Gasteiger partial charge on any atom is 0.225 e. The molecule has 1 saturated heterocycles. The molecule has 0 saturated carbocycles. The van der Waals surface area contributed by atoms with E-state index in [1.54, 1.807) is 23.6 Å². The predicted molar refractivity (Wildman–Crippen MR) is 83.8 cm³/mol. The fourth-order valence-corrected chi connectivity index (χ4v) is 3.57. The molecule has 0 aromatic carbocycles. The Labute approximate surface area is 139 Å². The summed E-state index contributed by atoms with van der Waals surface area (Å²) in [5, 5.41) is 6.55. The van der Waals surface area contributed by atoms with Gasteiger partial charge >= 0.3 is 0 Å². The van der Waals surface area contributed by atoms with Gasteiger partial charge in [-0.25, -0.2) is 13.4 Å². The van der Waals surface area contributed by atoms with Crippen molar-refractivity contribution in [3.05, 3.63) is 30.6 Å². The highest BCUT2D eigenvalue weighted by Crippen LogP contribution is 2.28. The summed E-state index contributed by atoms with van der Waals surface area (Å²) in [6, 6.07) is -0.485. The molecule has 9 nitrogen and oxygen atoms in total. The highest BCUT2D eigenvalue weighted by molar-refractivity contribution is 7.90. The van der Waals surface area contributed by atoms with Crippen molar-refractivity contribution < 1.29 is 17.9 Å². The molecular weight excluding hydrogens is 334 g/mol. The second kappa shape index (κ2) is 6.73. The molecule has 130 valence electrons. The first kappa shape index (κ1) is 16.7. The van der Waals surface area contributed by atoms with Crippen LogP contribution in [0.5, 0.6) is 0 Å². The van der Waals surface area contributed by atoms with Crippen LogP contribution in [0.4, 0.5) is 0 Å². The van der Waals surface area contributed by atoms with Gasteiger partial charge in [0.05, 0.1) is 37.5 Å². The molecule has 3 heterocycles. The number of rotatable bonds is 5. The van der Waals surface area contributed by atoms with Crippen molar-refractivity contribution in [2.45, 2.75) is 23.9 Å². The Morgan fingerprint density at radius 2 is 2.33 bits per heavy atom. The largest absolute Gasteiger partial charge is 0.377 e. The van der Waals surface area contributed by atoms with Gasteiger partial charge in [0, 0.05) is 38.2 Å². The normalized spacial score (nSPS) is 18.7. The van der Waals surface area contributed by atoms with Gasteiger partial charge in [0.1, 0.15) is 4.90 Å². The van der Waals surface area contributed by atoms with Crippen LogP contribution < -0.4 is 0 Å². The zero-order valence-electron chi connectivity index (χ0n) is 13.3. The van der Waals surface area contributed by atoms with Crippen molar-refractivity contribution >= 4 is 15.7 Å². The fourth-order valence-electron chi connectivity index (χ4n) is 2.75. The topological polar surface area (TPSA) is 110 Å². The molecule has 10 heteroatoms. The smallest absolute Gasteiger partial charge is 0.225 e. The van der Waals surface area contributed by atoms with E-state index < -0.39 is 15.9 Å². The van der Waals surface area contributed by atoms with Gasteiger partial charge in [-0.2, -0.15) is 5.10 Å². The minimum absolute atomic E-state index is 0.0638. The van der Waals surface area contributed by atoms with Crippen LogP contribution in [0.2, 0.25) is 0 Å². The average molecular weight is 353 g/mol. The molecule has 0 unspecified atom stereocenters. The summed E-state index contributed by atoms with van der Waals surface area (Å²) in [6.45, 7) is 1.59. The highest BCUT2D eigenvalue weighted by Gasteiger charge is 2.33. The lowest BCUT2D eigenvalue weighted by molar-refractivity contribution is -0.140. The number of aromatic nitrogens is 4. The number of nitrogens with one attached hydrogen (secondary N) is 1. The standard InChI is InChI=1S/C14H19N5O4S/c1-24(21,22)12-8-16-17-14(12)11-9-23-7-6-19(11)13(20)2-4-18-5-3-15-10-18/h3,5,8,10-11H,2,4,6-7,9H2,1H3,(H,16,17)/t11-/m0/s1. The Hall–Kier alpha value is -2.20. The van der Waals surface area contributed by atoms with Crippen LogP contribution in [0.25, 0.3) is 0 Å². The summed E-state index contributed by atoms with van der Waals surface area (Å²) in [7, 11) is -3.44. The molecule has 1 aliphatic rings. The monoisotopic (exact) mass is 353 g/mol. The van der Waals surface area contributed by atoms with E-state index in [4.69, 9.17) is 4.74 Å². The number of amides is 1. The van der Waals surface area contributed by atoms with E-state index in [-0.39, 0.29) is 17.4 Å². The lowest BCUT2D eigenvalue weighted by atomic mass is 10.1. The molecule has 0 aliphatic carbocycles. The third-order valence-electron chi connectivity index (χ3n) is 3.96. The number of H-pyrrole nitrogens is 1. The van der Waals surface area contributed by atoms with E-state index in [9.17, 15) is 13.2 Å². The summed E-state index contributed by atoms with van der Waals surface area (Å²) in [6.07, 6.45) is 7.80. The number of aryl methyl sites for hydroxylation is 1. The molecule has 1 aliphatic heterocycles. The van der Waals surface area contributed by atoms with E-state index in [0.717, 1.165) is 6.26 Å². The summed E-state index contributed by atoms with van der Waals surface area (Å²) < 4.78 is 31.1. The number of carbonyl (C=O) groups excluding carboxylic acids is 1. The number of aromatic amines is 1. The van der Waals surface area contributed by atoms with E-state index >= 15 is 0 Å². The quantitative estimate of drug-likeness (QED) is 0.810. The molecule has 3 rings (SSSR count). The zero-order chi connectivity index (χ0) is 17.2. The molecule has 1 N–H and O–H groups in total. The maximum absolute atomic E-state index is 12.6. The lowest BCUT2D eigenvalue weighted by Gasteiger charge is -2.35. The van der Waals surface area contributed by atoms with Crippen LogP contribution >= 0.6 is 0 Å². The van der Waals surface area contributed by atoms with Crippen molar-refractivity contribution in [3.8, 4) is 0 Å². The van der Waals surface area contributed by atoms with E-state index in [1.165, 1.54) is 6.20 Å². The van der Waals surface area contributed by atoms with Gasteiger partial charge in [0.15, 0.2) is 9.84 Å². The molecule has 0 radical (unpaired) electrons. The molecule has 1 amide bonds. The fraction of sp³-hybridized carbons (Fsp3) is 0.500. The second-order valence-electron chi connectivity index (χ2n) is 5.65. The number of carbonyl (C=O) groups is 1. The van der Waals surface area contributed by atoms with Gasteiger partial charge in [-0.05, 0) is 0 Å². The number of sulfone groups is 1. The number of hydrogen-bond donors (Lipinski definition) is 1. The minimum atomic E-state index is -3.44. The van der Waals surface area contributed by atoms with Crippen molar-refractivity contribution in [2.24, 2.45) is 0 Å².